The van der Waals surface area contributed by atoms with Crippen LogP contribution in [0.15, 0.2) is 42.7 Å². The van der Waals surface area contributed by atoms with Crippen molar-refractivity contribution in [2.45, 2.75) is 45.7 Å². The smallest absolute Gasteiger partial charge is 0.254 e. The fourth-order valence-electron chi connectivity index (χ4n) is 3.72. The van der Waals surface area contributed by atoms with Gasteiger partial charge in [-0.15, -0.1) is 0 Å². The number of amides is 1. The highest BCUT2D eigenvalue weighted by atomic mass is 16.2. The Morgan fingerprint density at radius 3 is 2.88 bits per heavy atom. The Bertz CT molecular complexity index is 946. The highest BCUT2D eigenvalue weighted by Gasteiger charge is 2.26. The van der Waals surface area contributed by atoms with E-state index in [2.05, 4.69) is 18.9 Å². The van der Waals surface area contributed by atoms with Crippen molar-refractivity contribution in [3.8, 4) is 11.3 Å². The topological polar surface area (TPSA) is 51.0 Å². The molecule has 1 aliphatic rings. The number of fused-ring (bicyclic) bond motifs is 1. The number of benzene rings is 1. The Labute approximate surface area is 153 Å². The first-order valence-corrected chi connectivity index (χ1v) is 9.41. The van der Waals surface area contributed by atoms with Gasteiger partial charge in [0.2, 0.25) is 0 Å². The summed E-state index contributed by atoms with van der Waals surface area (Å²) in [5.41, 5.74) is 3.33. The standard InChI is InChI=1S/C21H24N4O/c1-3-24-14-16(13-22-24)20-12-18(17-9-4-5-10-19(17)23-20)21(26)25-11-7-6-8-15(25)2/h4-5,9-10,12-15H,3,6-8,11H2,1-2H3. The molecule has 1 aliphatic heterocycles. The molecule has 1 fully saturated rings. The fraction of sp³-hybridized carbons (Fsp3) is 0.381. The summed E-state index contributed by atoms with van der Waals surface area (Å²) in [6, 6.07) is 10.1. The number of likely N-dealkylation sites (tertiary alicyclic amines) is 1. The fourth-order valence-corrected chi connectivity index (χ4v) is 3.72. The van der Waals surface area contributed by atoms with E-state index in [9.17, 15) is 4.79 Å². The van der Waals surface area contributed by atoms with Crippen molar-refractivity contribution in [3.63, 3.8) is 0 Å². The highest BCUT2D eigenvalue weighted by molar-refractivity contribution is 6.07. The molecule has 4 rings (SSSR count). The second kappa shape index (κ2) is 6.90. The summed E-state index contributed by atoms with van der Waals surface area (Å²) in [5, 5.41) is 5.27. The second-order valence-corrected chi connectivity index (χ2v) is 7.00. The van der Waals surface area contributed by atoms with Gasteiger partial charge in [-0.2, -0.15) is 5.10 Å². The van der Waals surface area contributed by atoms with Crippen LogP contribution in [0.25, 0.3) is 22.2 Å². The van der Waals surface area contributed by atoms with Gasteiger partial charge in [0, 0.05) is 36.3 Å². The normalized spacial score (nSPS) is 17.6. The summed E-state index contributed by atoms with van der Waals surface area (Å²) < 4.78 is 1.88. The van der Waals surface area contributed by atoms with Crippen molar-refractivity contribution < 1.29 is 4.79 Å². The molecule has 134 valence electrons. The van der Waals surface area contributed by atoms with Gasteiger partial charge in [0.25, 0.3) is 5.91 Å². The molecule has 0 bridgehead atoms. The molecule has 5 heteroatoms. The van der Waals surface area contributed by atoms with Crippen LogP contribution in [-0.4, -0.2) is 38.2 Å². The number of pyridine rings is 1. The molecule has 0 saturated carbocycles. The SMILES string of the molecule is CCn1cc(-c2cc(C(=O)N3CCCCC3C)c3ccccc3n2)cn1. The largest absolute Gasteiger partial charge is 0.336 e. The molecule has 1 aromatic carbocycles. The molecule has 26 heavy (non-hydrogen) atoms. The number of rotatable bonds is 3. The van der Waals surface area contributed by atoms with Gasteiger partial charge in [0.15, 0.2) is 0 Å². The minimum atomic E-state index is 0.111. The van der Waals surface area contributed by atoms with E-state index in [4.69, 9.17) is 4.98 Å². The molecule has 3 aromatic rings. The lowest BCUT2D eigenvalue weighted by Crippen LogP contribution is -2.42. The minimum absolute atomic E-state index is 0.111. The van der Waals surface area contributed by atoms with Gasteiger partial charge in [-0.1, -0.05) is 18.2 Å². The summed E-state index contributed by atoms with van der Waals surface area (Å²) in [7, 11) is 0. The summed E-state index contributed by atoms with van der Waals surface area (Å²) in [4.78, 5) is 20.1. The van der Waals surface area contributed by atoms with Crippen molar-refractivity contribution in [2.75, 3.05) is 6.54 Å². The van der Waals surface area contributed by atoms with E-state index >= 15 is 0 Å². The first kappa shape index (κ1) is 16.8. The Hall–Kier alpha value is -2.69. The highest BCUT2D eigenvalue weighted by Crippen LogP contribution is 2.27. The number of carbonyl (C=O) groups is 1. The average Bonchev–Trinajstić information content (AvgIpc) is 3.16. The minimum Gasteiger partial charge on any atom is -0.336 e. The van der Waals surface area contributed by atoms with Crippen LogP contribution < -0.4 is 0 Å². The third-order valence-electron chi connectivity index (χ3n) is 5.26. The molecule has 0 spiro atoms. The van der Waals surface area contributed by atoms with Gasteiger partial charge in [0.05, 0.1) is 23.0 Å². The van der Waals surface area contributed by atoms with Crippen molar-refractivity contribution in [1.82, 2.24) is 19.7 Å². The van der Waals surface area contributed by atoms with Crippen LogP contribution in [0.5, 0.6) is 0 Å². The quantitative estimate of drug-likeness (QED) is 0.715. The number of piperidine rings is 1. The zero-order valence-corrected chi connectivity index (χ0v) is 15.4. The van der Waals surface area contributed by atoms with Gasteiger partial charge < -0.3 is 4.90 Å². The molecule has 1 unspecified atom stereocenters. The first-order chi connectivity index (χ1) is 12.7. The van der Waals surface area contributed by atoms with Crippen molar-refractivity contribution in [1.29, 1.82) is 0 Å². The lowest BCUT2D eigenvalue weighted by atomic mass is 10.00. The van der Waals surface area contributed by atoms with E-state index in [1.54, 1.807) is 0 Å². The third-order valence-corrected chi connectivity index (χ3v) is 5.26. The monoisotopic (exact) mass is 348 g/mol. The Morgan fingerprint density at radius 2 is 2.12 bits per heavy atom. The first-order valence-electron chi connectivity index (χ1n) is 9.41. The van der Waals surface area contributed by atoms with Gasteiger partial charge in [-0.25, -0.2) is 4.98 Å². The maximum atomic E-state index is 13.3. The van der Waals surface area contributed by atoms with Gasteiger partial charge in [0.1, 0.15) is 0 Å². The molecular weight excluding hydrogens is 324 g/mol. The number of hydrogen-bond donors (Lipinski definition) is 0. The maximum absolute atomic E-state index is 13.3. The predicted molar refractivity (Wildman–Crippen MR) is 103 cm³/mol. The molecule has 0 radical (unpaired) electrons. The second-order valence-electron chi connectivity index (χ2n) is 7.00. The molecule has 1 saturated heterocycles. The van der Waals surface area contributed by atoms with E-state index in [1.807, 2.05) is 52.3 Å². The molecular formula is C21H24N4O. The Balaban J connectivity index is 1.83. The number of nitrogens with zero attached hydrogens (tertiary/aromatic N) is 4. The van der Waals surface area contributed by atoms with Crippen LogP contribution in [0.4, 0.5) is 0 Å². The zero-order valence-electron chi connectivity index (χ0n) is 15.4. The van der Waals surface area contributed by atoms with Gasteiger partial charge in [-0.05, 0) is 45.2 Å². The van der Waals surface area contributed by atoms with Gasteiger partial charge >= 0.3 is 0 Å². The molecule has 2 aromatic heterocycles. The van der Waals surface area contributed by atoms with Gasteiger partial charge in [-0.3, -0.25) is 9.48 Å². The molecule has 1 amide bonds. The predicted octanol–water partition coefficient (Wildman–Crippen LogP) is 4.13. The van der Waals surface area contributed by atoms with Crippen molar-refractivity contribution >= 4 is 16.8 Å². The van der Waals surface area contributed by atoms with E-state index in [1.165, 1.54) is 6.42 Å². The summed E-state index contributed by atoms with van der Waals surface area (Å²) in [5.74, 6) is 0.111. The molecule has 0 N–H and O–H groups in total. The number of hydrogen-bond acceptors (Lipinski definition) is 3. The Morgan fingerprint density at radius 1 is 1.27 bits per heavy atom. The lowest BCUT2D eigenvalue weighted by Gasteiger charge is -2.33. The number of aryl methyl sites for hydroxylation is 1. The summed E-state index contributed by atoms with van der Waals surface area (Å²) >= 11 is 0. The lowest BCUT2D eigenvalue weighted by molar-refractivity contribution is 0.0637. The summed E-state index contributed by atoms with van der Waals surface area (Å²) in [6.07, 6.45) is 7.15. The van der Waals surface area contributed by atoms with Crippen LogP contribution in [0.3, 0.4) is 0 Å². The van der Waals surface area contributed by atoms with E-state index in [0.717, 1.165) is 53.7 Å². The van der Waals surface area contributed by atoms with Crippen molar-refractivity contribution in [3.05, 3.63) is 48.3 Å². The van der Waals surface area contributed by atoms with Crippen LogP contribution in [0, 0.1) is 0 Å². The maximum Gasteiger partial charge on any atom is 0.254 e. The molecule has 1 atom stereocenters. The molecule has 3 heterocycles. The van der Waals surface area contributed by atoms with Crippen molar-refractivity contribution in [2.24, 2.45) is 0 Å². The summed E-state index contributed by atoms with van der Waals surface area (Å²) in [6.45, 7) is 5.84. The number of para-hydroxylation sites is 1. The van der Waals surface area contributed by atoms with E-state index in [-0.39, 0.29) is 11.9 Å². The number of carbonyl (C=O) groups excluding carboxylic acids is 1. The Kier molecular flexibility index (Phi) is 4.45. The average molecular weight is 348 g/mol. The van der Waals surface area contributed by atoms with Crippen LogP contribution in [0.2, 0.25) is 0 Å². The molecule has 0 aliphatic carbocycles. The third kappa shape index (κ3) is 2.98. The van der Waals surface area contributed by atoms with E-state index in [0.29, 0.717) is 0 Å². The molecule has 5 nitrogen and oxygen atoms in total. The van der Waals surface area contributed by atoms with Crippen LogP contribution >= 0.6 is 0 Å². The van der Waals surface area contributed by atoms with Crippen LogP contribution in [-0.2, 0) is 6.54 Å². The van der Waals surface area contributed by atoms with Crippen LogP contribution in [0.1, 0.15) is 43.5 Å². The zero-order chi connectivity index (χ0) is 18.1. The van der Waals surface area contributed by atoms with E-state index < -0.39 is 0 Å². The number of aromatic nitrogens is 3.